The van der Waals surface area contributed by atoms with Crippen molar-refractivity contribution in [1.82, 2.24) is 9.91 Å². The Morgan fingerprint density at radius 1 is 1.12 bits per heavy atom. The topological polar surface area (TPSA) is 62.2 Å². The molecule has 1 unspecified atom stereocenters. The molecule has 4 rings (SSSR count). The molecule has 174 valence electrons. The molecule has 1 amide bonds. The molecule has 6 nitrogen and oxygen atoms in total. The highest BCUT2D eigenvalue weighted by Gasteiger charge is 2.35. The van der Waals surface area contributed by atoms with E-state index in [9.17, 15) is 14.0 Å². The number of carbonyl (C=O) groups excluding carboxylic acids is 2. The molecule has 2 aromatic carbocycles. The van der Waals surface area contributed by atoms with Gasteiger partial charge in [0.25, 0.3) is 5.91 Å². The zero-order valence-electron chi connectivity index (χ0n) is 19.2. The Morgan fingerprint density at radius 3 is 2.52 bits per heavy atom. The summed E-state index contributed by atoms with van der Waals surface area (Å²) in [5, 5.41) is 6.20. The van der Waals surface area contributed by atoms with Crippen LogP contribution < -0.4 is 0 Å². The second-order valence-corrected chi connectivity index (χ2v) is 8.73. The van der Waals surface area contributed by atoms with Gasteiger partial charge in [0.05, 0.1) is 30.8 Å². The quantitative estimate of drug-likeness (QED) is 0.621. The van der Waals surface area contributed by atoms with E-state index < -0.39 is 0 Å². The van der Waals surface area contributed by atoms with Gasteiger partial charge in [0.15, 0.2) is 0 Å². The number of carbonyl (C=O) groups is 2. The number of hydrazone groups is 1. The van der Waals surface area contributed by atoms with Crippen molar-refractivity contribution in [2.24, 2.45) is 11.0 Å². The standard InChI is InChI=1S/C26H30FN3O3/c1-3-33-26(32)20-11-13-29(14-12-20)17-25(31)30-24(19-9-7-18(2)8-10-19)16-23(28-30)21-5-4-6-22(27)15-21/h4-10,15,20,24H,3,11-14,16-17H2,1-2H3. The van der Waals surface area contributed by atoms with Crippen molar-refractivity contribution >= 4 is 17.6 Å². The summed E-state index contributed by atoms with van der Waals surface area (Å²) in [7, 11) is 0. The van der Waals surface area contributed by atoms with Gasteiger partial charge in [0.2, 0.25) is 0 Å². The number of benzene rings is 2. The number of nitrogens with zero attached hydrogens (tertiary/aromatic N) is 3. The van der Waals surface area contributed by atoms with Crippen LogP contribution in [-0.4, -0.2) is 53.7 Å². The first-order chi connectivity index (χ1) is 15.9. The monoisotopic (exact) mass is 451 g/mol. The van der Waals surface area contributed by atoms with Crippen molar-refractivity contribution in [3.8, 4) is 0 Å². The molecule has 2 heterocycles. The summed E-state index contributed by atoms with van der Waals surface area (Å²) in [4.78, 5) is 27.4. The molecule has 7 heteroatoms. The van der Waals surface area contributed by atoms with E-state index in [2.05, 4.69) is 10.0 Å². The summed E-state index contributed by atoms with van der Waals surface area (Å²) >= 11 is 0. The summed E-state index contributed by atoms with van der Waals surface area (Å²) in [5.74, 6) is -0.661. The molecule has 0 N–H and O–H groups in total. The highest BCUT2D eigenvalue weighted by molar-refractivity contribution is 6.03. The van der Waals surface area contributed by atoms with Crippen LogP contribution >= 0.6 is 0 Å². The van der Waals surface area contributed by atoms with Gasteiger partial charge in [-0.25, -0.2) is 9.40 Å². The van der Waals surface area contributed by atoms with E-state index in [0.29, 0.717) is 50.2 Å². The minimum atomic E-state index is -0.323. The van der Waals surface area contributed by atoms with Gasteiger partial charge < -0.3 is 4.74 Å². The van der Waals surface area contributed by atoms with Crippen molar-refractivity contribution in [2.45, 2.75) is 39.2 Å². The highest BCUT2D eigenvalue weighted by Crippen LogP contribution is 2.33. The Kier molecular flexibility index (Phi) is 7.18. The lowest BCUT2D eigenvalue weighted by Gasteiger charge is -2.32. The zero-order chi connectivity index (χ0) is 23.4. The van der Waals surface area contributed by atoms with E-state index in [4.69, 9.17) is 4.74 Å². The Labute approximate surface area is 194 Å². The van der Waals surface area contributed by atoms with Crippen LogP contribution in [0.5, 0.6) is 0 Å². The van der Waals surface area contributed by atoms with Crippen LogP contribution in [0.2, 0.25) is 0 Å². The van der Waals surface area contributed by atoms with Gasteiger partial charge in [-0.1, -0.05) is 42.0 Å². The Hall–Kier alpha value is -3.06. The molecular formula is C26H30FN3O3. The third-order valence-electron chi connectivity index (χ3n) is 6.35. The number of ether oxygens (including phenoxy) is 1. The van der Waals surface area contributed by atoms with Gasteiger partial charge in [0, 0.05) is 12.0 Å². The van der Waals surface area contributed by atoms with Crippen LogP contribution in [0.1, 0.15) is 48.9 Å². The molecule has 1 atom stereocenters. The van der Waals surface area contributed by atoms with E-state index in [0.717, 1.165) is 11.1 Å². The summed E-state index contributed by atoms with van der Waals surface area (Å²) in [6.45, 7) is 5.79. The van der Waals surface area contributed by atoms with E-state index in [-0.39, 0.29) is 36.2 Å². The predicted octanol–water partition coefficient (Wildman–Crippen LogP) is 4.09. The molecule has 2 aliphatic heterocycles. The predicted molar refractivity (Wildman–Crippen MR) is 124 cm³/mol. The summed E-state index contributed by atoms with van der Waals surface area (Å²) in [5.41, 5.74) is 3.54. The fourth-order valence-corrected chi connectivity index (χ4v) is 4.48. The minimum Gasteiger partial charge on any atom is -0.466 e. The summed E-state index contributed by atoms with van der Waals surface area (Å²) < 4.78 is 18.9. The second-order valence-electron chi connectivity index (χ2n) is 8.73. The lowest BCUT2D eigenvalue weighted by atomic mass is 9.96. The van der Waals surface area contributed by atoms with E-state index in [1.165, 1.54) is 12.1 Å². The zero-order valence-corrected chi connectivity index (χ0v) is 19.2. The fourth-order valence-electron chi connectivity index (χ4n) is 4.48. The number of halogens is 1. The number of esters is 1. The summed E-state index contributed by atoms with van der Waals surface area (Å²) in [6, 6.07) is 14.2. The maximum atomic E-state index is 13.8. The highest BCUT2D eigenvalue weighted by atomic mass is 19.1. The van der Waals surface area contributed by atoms with Gasteiger partial charge in [-0.15, -0.1) is 0 Å². The molecular weight excluding hydrogens is 421 g/mol. The van der Waals surface area contributed by atoms with Gasteiger partial charge in [-0.05, 0) is 57.5 Å². The number of amides is 1. The molecule has 2 aliphatic rings. The van der Waals surface area contributed by atoms with Crippen LogP contribution in [0.25, 0.3) is 0 Å². The Bertz CT molecular complexity index is 1030. The number of hydrogen-bond acceptors (Lipinski definition) is 5. The van der Waals surface area contributed by atoms with Crippen molar-refractivity contribution < 1.29 is 18.7 Å². The second kappa shape index (κ2) is 10.3. The maximum absolute atomic E-state index is 13.8. The lowest BCUT2D eigenvalue weighted by molar-refractivity contribution is -0.149. The van der Waals surface area contributed by atoms with Gasteiger partial charge in [-0.3, -0.25) is 14.5 Å². The number of hydrogen-bond donors (Lipinski definition) is 0. The largest absolute Gasteiger partial charge is 0.466 e. The molecule has 0 spiro atoms. The van der Waals surface area contributed by atoms with Crippen molar-refractivity contribution in [1.29, 1.82) is 0 Å². The molecule has 1 fully saturated rings. The molecule has 0 radical (unpaired) electrons. The van der Waals surface area contributed by atoms with E-state index >= 15 is 0 Å². The van der Waals surface area contributed by atoms with Crippen molar-refractivity contribution in [3.05, 3.63) is 71.0 Å². The van der Waals surface area contributed by atoms with Crippen LogP contribution in [0, 0.1) is 18.7 Å². The van der Waals surface area contributed by atoms with E-state index in [1.54, 1.807) is 11.1 Å². The van der Waals surface area contributed by atoms with Gasteiger partial charge in [0.1, 0.15) is 5.82 Å². The molecule has 0 aliphatic carbocycles. The van der Waals surface area contributed by atoms with Crippen LogP contribution in [0.15, 0.2) is 53.6 Å². The smallest absolute Gasteiger partial charge is 0.309 e. The average Bonchev–Trinajstić information content (AvgIpc) is 3.26. The van der Waals surface area contributed by atoms with E-state index in [1.807, 2.05) is 44.2 Å². The normalized spacial score (nSPS) is 19.4. The fraction of sp³-hybridized carbons (Fsp3) is 0.423. The molecule has 0 bridgehead atoms. The minimum absolute atomic E-state index is 0.0958. The third-order valence-corrected chi connectivity index (χ3v) is 6.35. The molecule has 0 saturated carbocycles. The SMILES string of the molecule is CCOC(=O)C1CCN(CC(=O)N2N=C(c3cccc(F)c3)CC2c2ccc(C)cc2)CC1. The van der Waals surface area contributed by atoms with Gasteiger partial charge in [-0.2, -0.15) is 5.10 Å². The van der Waals surface area contributed by atoms with Crippen LogP contribution in [0.3, 0.4) is 0 Å². The molecule has 0 aromatic heterocycles. The lowest BCUT2D eigenvalue weighted by Crippen LogP contribution is -2.43. The summed E-state index contributed by atoms with van der Waals surface area (Å²) in [6.07, 6.45) is 1.90. The third kappa shape index (κ3) is 5.47. The average molecular weight is 452 g/mol. The molecule has 1 saturated heterocycles. The number of piperidine rings is 1. The van der Waals surface area contributed by atoms with Crippen molar-refractivity contribution in [2.75, 3.05) is 26.2 Å². The van der Waals surface area contributed by atoms with Crippen LogP contribution in [0.4, 0.5) is 4.39 Å². The number of likely N-dealkylation sites (tertiary alicyclic amines) is 1. The molecule has 33 heavy (non-hydrogen) atoms. The number of rotatable bonds is 6. The van der Waals surface area contributed by atoms with Gasteiger partial charge >= 0.3 is 5.97 Å². The van der Waals surface area contributed by atoms with Crippen LogP contribution in [-0.2, 0) is 14.3 Å². The maximum Gasteiger partial charge on any atom is 0.309 e. The first-order valence-corrected chi connectivity index (χ1v) is 11.6. The van der Waals surface area contributed by atoms with Crippen molar-refractivity contribution in [3.63, 3.8) is 0 Å². The number of aryl methyl sites for hydroxylation is 1. The Morgan fingerprint density at radius 2 is 1.85 bits per heavy atom. The molecule has 2 aromatic rings. The Balaban J connectivity index is 1.49. The first-order valence-electron chi connectivity index (χ1n) is 11.6. The first kappa shape index (κ1) is 23.1.